The second-order valence-electron chi connectivity index (χ2n) is 4.38. The maximum Gasteiger partial charge on any atom is 0.0965 e. The van der Waals surface area contributed by atoms with Crippen molar-refractivity contribution in [2.45, 2.75) is 19.4 Å². The molecule has 19 heavy (non-hydrogen) atoms. The number of nitrogens with zero attached hydrogens (tertiary/aromatic N) is 1. The van der Waals surface area contributed by atoms with Gasteiger partial charge in [0.1, 0.15) is 0 Å². The molecule has 1 unspecified atom stereocenters. The van der Waals surface area contributed by atoms with E-state index in [4.69, 9.17) is 28.9 Å². The van der Waals surface area contributed by atoms with Gasteiger partial charge in [-0.25, -0.2) is 4.98 Å². The fraction of sp³-hybridized carbons (Fsp3) is 0.308. The summed E-state index contributed by atoms with van der Waals surface area (Å²) in [4.78, 5) is 4.30. The Bertz CT molecular complexity index is 520. The predicted molar refractivity (Wildman–Crippen MR) is 83.1 cm³/mol. The van der Waals surface area contributed by atoms with E-state index in [1.54, 1.807) is 11.3 Å². The van der Waals surface area contributed by atoms with Gasteiger partial charge in [0.25, 0.3) is 0 Å². The van der Waals surface area contributed by atoms with Crippen molar-refractivity contribution < 1.29 is 0 Å². The summed E-state index contributed by atoms with van der Waals surface area (Å²) in [6, 6.07) is 3.67. The lowest BCUT2D eigenvalue weighted by atomic mass is 10.1. The lowest BCUT2D eigenvalue weighted by Crippen LogP contribution is -2.19. The third kappa shape index (κ3) is 3.83. The molecule has 0 spiro atoms. The fourth-order valence-corrected chi connectivity index (χ4v) is 2.97. The fourth-order valence-electron chi connectivity index (χ4n) is 1.74. The number of thiazole rings is 1. The van der Waals surface area contributed by atoms with Crippen molar-refractivity contribution in [2.24, 2.45) is 0 Å². The number of nitrogen functional groups attached to an aromatic ring is 1. The maximum absolute atomic E-state index is 6.00. The molecule has 0 aliphatic heterocycles. The van der Waals surface area contributed by atoms with Gasteiger partial charge in [0.2, 0.25) is 0 Å². The van der Waals surface area contributed by atoms with E-state index in [9.17, 15) is 0 Å². The number of anilines is 1. The molecule has 1 heterocycles. The third-order valence-electron chi connectivity index (χ3n) is 2.79. The van der Waals surface area contributed by atoms with Crippen LogP contribution in [-0.2, 0) is 6.54 Å². The molecule has 1 atom stereocenters. The first-order chi connectivity index (χ1) is 9.08. The molecule has 0 saturated carbocycles. The molecular weight excluding hydrogens is 301 g/mol. The number of halogens is 2. The first-order valence-electron chi connectivity index (χ1n) is 5.91. The summed E-state index contributed by atoms with van der Waals surface area (Å²) in [6.07, 6.45) is 1.83. The van der Waals surface area contributed by atoms with Crippen LogP contribution in [0.1, 0.15) is 23.4 Å². The zero-order valence-corrected chi connectivity index (χ0v) is 12.8. The molecule has 0 saturated heterocycles. The molecule has 102 valence electrons. The van der Waals surface area contributed by atoms with Crippen LogP contribution < -0.4 is 11.1 Å². The Kier molecular flexibility index (Phi) is 5.05. The van der Waals surface area contributed by atoms with Crippen LogP contribution in [0.2, 0.25) is 10.0 Å². The Hall–Kier alpha value is -0.810. The predicted octanol–water partition coefficient (Wildman–Crippen LogP) is 3.93. The van der Waals surface area contributed by atoms with Crippen molar-refractivity contribution >= 4 is 40.2 Å². The van der Waals surface area contributed by atoms with Crippen molar-refractivity contribution in [3.05, 3.63) is 44.3 Å². The molecule has 0 aliphatic rings. The zero-order chi connectivity index (χ0) is 13.8. The van der Waals surface area contributed by atoms with E-state index in [2.05, 4.69) is 17.2 Å². The standard InChI is InChI=1S/C13H15Cl2N3S/c1-8(13-18-2-3-19-13)6-17-7-9-4-10(14)12(16)11(15)5-9/h2-5,8,17H,6-7,16H2,1H3. The van der Waals surface area contributed by atoms with E-state index in [0.717, 1.165) is 17.1 Å². The molecule has 0 radical (unpaired) electrons. The Labute approximate surface area is 126 Å². The molecule has 3 N–H and O–H groups in total. The number of hydrogen-bond acceptors (Lipinski definition) is 4. The highest BCUT2D eigenvalue weighted by atomic mass is 35.5. The summed E-state index contributed by atoms with van der Waals surface area (Å²) in [5.41, 5.74) is 7.16. The van der Waals surface area contributed by atoms with Gasteiger partial charge in [-0.15, -0.1) is 11.3 Å². The smallest absolute Gasteiger partial charge is 0.0965 e. The summed E-state index contributed by atoms with van der Waals surface area (Å²) in [6.45, 7) is 3.71. The van der Waals surface area contributed by atoms with Crippen molar-refractivity contribution in [2.75, 3.05) is 12.3 Å². The van der Waals surface area contributed by atoms with Gasteiger partial charge in [-0.3, -0.25) is 0 Å². The summed E-state index contributed by atoms with van der Waals surface area (Å²) in [5, 5.41) is 7.50. The zero-order valence-electron chi connectivity index (χ0n) is 10.5. The van der Waals surface area contributed by atoms with E-state index in [1.165, 1.54) is 0 Å². The topological polar surface area (TPSA) is 50.9 Å². The Morgan fingerprint density at radius 1 is 1.37 bits per heavy atom. The van der Waals surface area contributed by atoms with Crippen LogP contribution in [0.25, 0.3) is 0 Å². The van der Waals surface area contributed by atoms with Gasteiger partial charge < -0.3 is 11.1 Å². The van der Waals surface area contributed by atoms with E-state index >= 15 is 0 Å². The minimum atomic E-state index is 0.389. The summed E-state index contributed by atoms with van der Waals surface area (Å²) >= 11 is 13.7. The SMILES string of the molecule is CC(CNCc1cc(Cl)c(N)c(Cl)c1)c1nccs1. The molecule has 2 rings (SSSR count). The highest BCUT2D eigenvalue weighted by molar-refractivity contribution is 7.09. The first-order valence-corrected chi connectivity index (χ1v) is 7.55. The largest absolute Gasteiger partial charge is 0.396 e. The van der Waals surface area contributed by atoms with Gasteiger partial charge in [0.15, 0.2) is 0 Å². The molecule has 6 heteroatoms. The highest BCUT2D eigenvalue weighted by Gasteiger charge is 2.08. The molecule has 0 bridgehead atoms. The second-order valence-corrected chi connectivity index (χ2v) is 6.12. The van der Waals surface area contributed by atoms with Gasteiger partial charge >= 0.3 is 0 Å². The van der Waals surface area contributed by atoms with E-state index in [1.807, 2.05) is 23.7 Å². The van der Waals surface area contributed by atoms with Crippen LogP contribution in [0.15, 0.2) is 23.7 Å². The summed E-state index contributed by atoms with van der Waals surface area (Å²) in [7, 11) is 0. The lowest BCUT2D eigenvalue weighted by molar-refractivity contribution is 0.613. The molecule has 1 aromatic carbocycles. The van der Waals surface area contributed by atoms with Crippen LogP contribution in [-0.4, -0.2) is 11.5 Å². The van der Waals surface area contributed by atoms with Gasteiger partial charge in [0, 0.05) is 30.6 Å². The molecule has 0 aliphatic carbocycles. The van der Waals surface area contributed by atoms with Gasteiger partial charge in [-0.1, -0.05) is 30.1 Å². The molecule has 1 aromatic heterocycles. The minimum Gasteiger partial charge on any atom is -0.396 e. The lowest BCUT2D eigenvalue weighted by Gasteiger charge is -2.11. The van der Waals surface area contributed by atoms with Crippen LogP contribution >= 0.6 is 34.5 Å². The number of aromatic nitrogens is 1. The van der Waals surface area contributed by atoms with Gasteiger partial charge in [0.05, 0.1) is 20.7 Å². The number of benzene rings is 1. The molecule has 2 aromatic rings. The number of nitrogens with one attached hydrogen (secondary N) is 1. The van der Waals surface area contributed by atoms with E-state index < -0.39 is 0 Å². The van der Waals surface area contributed by atoms with Crippen LogP contribution in [0.5, 0.6) is 0 Å². The maximum atomic E-state index is 6.00. The highest BCUT2D eigenvalue weighted by Crippen LogP contribution is 2.28. The van der Waals surface area contributed by atoms with E-state index in [0.29, 0.717) is 28.2 Å². The summed E-state index contributed by atoms with van der Waals surface area (Å²) < 4.78 is 0. The Balaban J connectivity index is 1.89. The van der Waals surface area contributed by atoms with Crippen molar-refractivity contribution in [1.82, 2.24) is 10.3 Å². The van der Waals surface area contributed by atoms with Crippen LogP contribution in [0, 0.1) is 0 Å². The third-order valence-corrected chi connectivity index (χ3v) is 4.42. The average molecular weight is 316 g/mol. The Morgan fingerprint density at radius 2 is 2.05 bits per heavy atom. The number of hydrogen-bond donors (Lipinski definition) is 2. The van der Waals surface area contributed by atoms with Crippen LogP contribution in [0.3, 0.4) is 0 Å². The van der Waals surface area contributed by atoms with Gasteiger partial charge in [-0.2, -0.15) is 0 Å². The number of nitrogens with two attached hydrogens (primary N) is 1. The molecular formula is C13H15Cl2N3S. The molecule has 0 fully saturated rings. The monoisotopic (exact) mass is 315 g/mol. The minimum absolute atomic E-state index is 0.389. The Morgan fingerprint density at radius 3 is 2.63 bits per heavy atom. The number of rotatable bonds is 5. The van der Waals surface area contributed by atoms with Crippen molar-refractivity contribution in [1.29, 1.82) is 0 Å². The summed E-state index contributed by atoms with van der Waals surface area (Å²) in [5.74, 6) is 0.389. The average Bonchev–Trinajstić information content (AvgIpc) is 2.89. The van der Waals surface area contributed by atoms with Crippen LogP contribution in [0.4, 0.5) is 5.69 Å². The van der Waals surface area contributed by atoms with Gasteiger partial charge in [-0.05, 0) is 17.7 Å². The normalized spacial score (nSPS) is 12.6. The van der Waals surface area contributed by atoms with Crippen molar-refractivity contribution in [3.63, 3.8) is 0 Å². The van der Waals surface area contributed by atoms with E-state index in [-0.39, 0.29) is 0 Å². The first kappa shape index (κ1) is 14.6. The molecule has 0 amide bonds. The second kappa shape index (κ2) is 6.57. The van der Waals surface area contributed by atoms with Crippen molar-refractivity contribution in [3.8, 4) is 0 Å². The molecule has 3 nitrogen and oxygen atoms in total. The quantitative estimate of drug-likeness (QED) is 0.822.